The van der Waals surface area contributed by atoms with Crippen molar-refractivity contribution in [2.45, 2.75) is 34.1 Å². The molecule has 0 aliphatic heterocycles. The Morgan fingerprint density at radius 1 is 1.32 bits per heavy atom. The Morgan fingerprint density at radius 3 is 1.95 bits per heavy atom. The minimum Gasteiger partial charge on any atom is -0.481 e. The van der Waals surface area contributed by atoms with Gasteiger partial charge in [-0.1, -0.05) is 27.9 Å². The average Bonchev–Trinajstić information content (AvgIpc) is 2.34. The summed E-state index contributed by atoms with van der Waals surface area (Å²) >= 11 is 0. The number of carboxylic acids is 2. The highest BCUT2D eigenvalue weighted by Gasteiger charge is 2.23. The molecule has 0 spiro atoms. The van der Waals surface area contributed by atoms with E-state index in [0.717, 1.165) is 6.08 Å². The Labute approximate surface area is 114 Å². The third-order valence-electron chi connectivity index (χ3n) is 2.26. The Bertz CT molecular complexity index is 298. The third kappa shape index (κ3) is 12.4. The van der Waals surface area contributed by atoms with E-state index in [0.29, 0.717) is 12.8 Å². The van der Waals surface area contributed by atoms with Gasteiger partial charge in [-0.25, -0.2) is 4.79 Å². The van der Waals surface area contributed by atoms with Crippen LogP contribution >= 0.6 is 0 Å². The van der Waals surface area contributed by atoms with Crippen molar-refractivity contribution in [3.05, 3.63) is 12.7 Å². The Hall–Kier alpha value is -1.85. The van der Waals surface area contributed by atoms with Crippen LogP contribution in [-0.2, 0) is 19.1 Å². The number of methoxy groups -OCH3 is 1. The molecule has 0 fully saturated rings. The largest absolute Gasteiger partial charge is 0.481 e. The zero-order valence-corrected chi connectivity index (χ0v) is 10.9. The first-order valence-electron chi connectivity index (χ1n) is 5.46. The van der Waals surface area contributed by atoms with Crippen molar-refractivity contribution >= 4 is 17.9 Å². The van der Waals surface area contributed by atoms with Gasteiger partial charge in [-0.15, -0.1) is 0 Å². The molecule has 6 nitrogen and oxygen atoms in total. The molecular formula is C13H24O6. The quantitative estimate of drug-likeness (QED) is 0.569. The number of hydrogen-bond acceptors (Lipinski definition) is 4. The number of carboxylic acid groups (broad SMARTS) is 2. The summed E-state index contributed by atoms with van der Waals surface area (Å²) in [6, 6.07) is 0. The molecule has 112 valence electrons. The molecule has 0 aliphatic rings. The van der Waals surface area contributed by atoms with Gasteiger partial charge in [-0.05, 0) is 12.8 Å². The number of carbonyl (C=O) groups is 3. The van der Waals surface area contributed by atoms with Crippen molar-refractivity contribution in [2.75, 3.05) is 7.11 Å². The maximum absolute atomic E-state index is 11.1. The van der Waals surface area contributed by atoms with Gasteiger partial charge in [0.2, 0.25) is 0 Å². The number of carbonyl (C=O) groups excluding carboxylic acids is 1. The van der Waals surface area contributed by atoms with Crippen molar-refractivity contribution in [3.8, 4) is 0 Å². The maximum atomic E-state index is 11.1. The first-order chi connectivity index (χ1) is 8.29. The predicted octanol–water partition coefficient (Wildman–Crippen LogP) is 2.19. The molecule has 0 aromatic heterocycles. The summed E-state index contributed by atoms with van der Waals surface area (Å²) < 4.78 is 4.55. The number of rotatable bonds is 6. The van der Waals surface area contributed by atoms with Crippen LogP contribution in [0.15, 0.2) is 12.7 Å². The highest BCUT2D eigenvalue weighted by atomic mass is 16.5. The smallest absolute Gasteiger partial charge is 0.327 e. The Morgan fingerprint density at radius 2 is 1.74 bits per heavy atom. The molecule has 0 saturated carbocycles. The van der Waals surface area contributed by atoms with Crippen LogP contribution in [0.25, 0.3) is 0 Å². The fourth-order valence-corrected chi connectivity index (χ4v) is 1.12. The molecule has 2 atom stereocenters. The van der Waals surface area contributed by atoms with E-state index in [1.165, 1.54) is 7.11 Å². The van der Waals surface area contributed by atoms with Crippen LogP contribution in [0.1, 0.15) is 34.1 Å². The zero-order chi connectivity index (χ0) is 14.7. The molecule has 0 saturated heterocycles. The Kier molecular flexibility index (Phi) is 14.8. The van der Waals surface area contributed by atoms with E-state index in [1.54, 1.807) is 6.92 Å². The van der Waals surface area contributed by atoms with Gasteiger partial charge in [0.05, 0.1) is 18.9 Å². The van der Waals surface area contributed by atoms with Crippen molar-refractivity contribution in [2.24, 2.45) is 11.8 Å². The summed E-state index contributed by atoms with van der Waals surface area (Å²) in [6.07, 6.45) is 1.79. The SMILES string of the molecule is C.C=CC(=O)O.CCC(CC(C)C(=O)O)C(=O)OC. The van der Waals surface area contributed by atoms with Gasteiger partial charge in [0.25, 0.3) is 0 Å². The lowest BCUT2D eigenvalue weighted by Crippen LogP contribution is -2.21. The maximum Gasteiger partial charge on any atom is 0.327 e. The van der Waals surface area contributed by atoms with E-state index in [1.807, 2.05) is 6.92 Å². The van der Waals surface area contributed by atoms with Crippen LogP contribution in [0.4, 0.5) is 0 Å². The lowest BCUT2D eigenvalue weighted by Gasteiger charge is -2.14. The number of ether oxygens (including phenoxy) is 1. The normalized spacial score (nSPS) is 11.7. The van der Waals surface area contributed by atoms with E-state index >= 15 is 0 Å². The van der Waals surface area contributed by atoms with E-state index < -0.39 is 17.9 Å². The topological polar surface area (TPSA) is 101 Å². The second kappa shape index (κ2) is 12.6. The standard InChI is InChI=1S/C9H16O4.C3H4O2.CH4/c1-4-7(9(12)13-3)5-6(2)8(10)11;1-2-3(4)5;/h6-7H,4-5H2,1-3H3,(H,10,11);2H,1H2,(H,4,5);1H4. The van der Waals surface area contributed by atoms with Crippen LogP contribution in [0, 0.1) is 11.8 Å². The molecule has 0 heterocycles. The molecule has 0 aliphatic carbocycles. The lowest BCUT2D eigenvalue weighted by atomic mass is 9.94. The van der Waals surface area contributed by atoms with Crippen molar-refractivity contribution in [1.29, 1.82) is 0 Å². The van der Waals surface area contributed by atoms with Crippen LogP contribution in [0.3, 0.4) is 0 Å². The van der Waals surface area contributed by atoms with Gasteiger partial charge in [-0.2, -0.15) is 0 Å². The summed E-state index contributed by atoms with van der Waals surface area (Å²) in [5, 5.41) is 16.2. The fourth-order valence-electron chi connectivity index (χ4n) is 1.12. The number of hydrogen-bond donors (Lipinski definition) is 2. The van der Waals surface area contributed by atoms with Crippen LogP contribution in [0.2, 0.25) is 0 Å². The van der Waals surface area contributed by atoms with E-state index in [4.69, 9.17) is 10.2 Å². The molecule has 19 heavy (non-hydrogen) atoms. The summed E-state index contributed by atoms with van der Waals surface area (Å²) in [5.74, 6) is -2.97. The molecule has 0 rings (SSSR count). The average molecular weight is 276 g/mol. The molecule has 0 aromatic carbocycles. The molecule has 0 amide bonds. The molecule has 0 aromatic rings. The number of esters is 1. The third-order valence-corrected chi connectivity index (χ3v) is 2.26. The second-order valence-corrected chi connectivity index (χ2v) is 3.65. The van der Waals surface area contributed by atoms with Crippen LogP contribution in [0.5, 0.6) is 0 Å². The molecular weight excluding hydrogens is 252 g/mol. The van der Waals surface area contributed by atoms with Gasteiger partial charge < -0.3 is 14.9 Å². The molecule has 2 unspecified atom stereocenters. The van der Waals surface area contributed by atoms with Gasteiger partial charge in [0.15, 0.2) is 0 Å². The second-order valence-electron chi connectivity index (χ2n) is 3.65. The summed E-state index contributed by atoms with van der Waals surface area (Å²) in [6.45, 7) is 6.40. The lowest BCUT2D eigenvalue weighted by molar-refractivity contribution is -0.148. The minimum atomic E-state index is -0.981. The molecule has 2 N–H and O–H groups in total. The van der Waals surface area contributed by atoms with Crippen LogP contribution < -0.4 is 0 Å². The van der Waals surface area contributed by atoms with E-state index in [2.05, 4.69) is 11.3 Å². The van der Waals surface area contributed by atoms with Gasteiger partial charge in [0.1, 0.15) is 0 Å². The zero-order valence-electron chi connectivity index (χ0n) is 10.9. The van der Waals surface area contributed by atoms with Crippen LogP contribution in [-0.4, -0.2) is 35.2 Å². The number of aliphatic carboxylic acids is 2. The van der Waals surface area contributed by atoms with Crippen molar-refractivity contribution in [3.63, 3.8) is 0 Å². The monoisotopic (exact) mass is 276 g/mol. The predicted molar refractivity (Wildman–Crippen MR) is 71.8 cm³/mol. The van der Waals surface area contributed by atoms with Gasteiger partial charge in [-0.3, -0.25) is 9.59 Å². The highest BCUT2D eigenvalue weighted by molar-refractivity contribution is 5.78. The van der Waals surface area contributed by atoms with E-state index in [-0.39, 0.29) is 19.3 Å². The van der Waals surface area contributed by atoms with Crippen molar-refractivity contribution < 1.29 is 29.3 Å². The van der Waals surface area contributed by atoms with Gasteiger partial charge in [0, 0.05) is 6.08 Å². The summed E-state index contributed by atoms with van der Waals surface area (Å²) in [4.78, 5) is 30.8. The highest BCUT2D eigenvalue weighted by Crippen LogP contribution is 2.16. The molecule has 0 radical (unpaired) electrons. The molecule has 6 heteroatoms. The van der Waals surface area contributed by atoms with Gasteiger partial charge >= 0.3 is 17.9 Å². The Balaban J connectivity index is -0.000000366. The fraction of sp³-hybridized carbons (Fsp3) is 0.615. The first-order valence-corrected chi connectivity index (χ1v) is 5.46. The van der Waals surface area contributed by atoms with E-state index in [9.17, 15) is 14.4 Å². The van der Waals surface area contributed by atoms with Crippen molar-refractivity contribution in [1.82, 2.24) is 0 Å². The summed E-state index contributed by atoms with van der Waals surface area (Å²) in [5.41, 5.74) is 0. The minimum absolute atomic E-state index is 0. The summed E-state index contributed by atoms with van der Waals surface area (Å²) in [7, 11) is 1.32. The first kappa shape index (κ1) is 22.3. The molecule has 0 bridgehead atoms.